The fraction of sp³-hybridized carbons (Fsp3) is 0.500. The lowest BCUT2D eigenvalue weighted by atomic mass is 9.75. The van der Waals surface area contributed by atoms with Gasteiger partial charge in [-0.05, 0) is 33.3 Å². The van der Waals surface area contributed by atoms with Gasteiger partial charge in [-0.1, -0.05) is 17.7 Å². The Balaban J connectivity index is 3.14. The van der Waals surface area contributed by atoms with E-state index in [0.29, 0.717) is 0 Å². The van der Waals surface area contributed by atoms with Crippen LogP contribution in [-0.2, 0) is 4.79 Å². The predicted molar refractivity (Wildman–Crippen MR) is 46.3 cm³/mol. The van der Waals surface area contributed by atoms with E-state index in [1.807, 2.05) is 39.8 Å². The molecule has 1 heteroatoms. The Bertz CT molecular complexity index is 250. The molecule has 11 heavy (non-hydrogen) atoms. The van der Waals surface area contributed by atoms with Gasteiger partial charge < -0.3 is 0 Å². The number of carbonyl (C=O) groups is 1. The molecule has 0 radical (unpaired) electrons. The fourth-order valence-corrected chi connectivity index (χ4v) is 1.21. The topological polar surface area (TPSA) is 17.1 Å². The lowest BCUT2D eigenvalue weighted by Crippen LogP contribution is -2.28. The first-order chi connectivity index (χ1) is 4.96. The van der Waals surface area contributed by atoms with Gasteiger partial charge in [0.05, 0.1) is 0 Å². The number of carbonyl (C=O) groups excluding carboxylic acids is 1. The SMILES string of the molecule is CC1=CC=C(C)C(C)(C)C1=O. The maximum absolute atomic E-state index is 11.5. The van der Waals surface area contributed by atoms with Crippen molar-refractivity contribution < 1.29 is 4.79 Å². The zero-order chi connectivity index (χ0) is 8.65. The van der Waals surface area contributed by atoms with Crippen molar-refractivity contribution in [2.45, 2.75) is 27.7 Å². The molecule has 0 fully saturated rings. The molecule has 0 heterocycles. The quantitative estimate of drug-likeness (QED) is 0.518. The summed E-state index contributed by atoms with van der Waals surface area (Å²) >= 11 is 0. The molecule has 0 saturated carbocycles. The number of rotatable bonds is 0. The molecule has 0 spiro atoms. The third kappa shape index (κ3) is 1.15. The number of Topliss-reactive ketones (excluding diaryl/α,β-unsaturated/α-hetero) is 1. The summed E-state index contributed by atoms with van der Waals surface area (Å²) in [6, 6.07) is 0. The van der Waals surface area contributed by atoms with E-state index in [0.717, 1.165) is 11.1 Å². The molecule has 0 atom stereocenters. The lowest BCUT2D eigenvalue weighted by molar-refractivity contribution is -0.121. The van der Waals surface area contributed by atoms with Crippen molar-refractivity contribution >= 4 is 5.78 Å². The van der Waals surface area contributed by atoms with Crippen molar-refractivity contribution in [1.82, 2.24) is 0 Å². The van der Waals surface area contributed by atoms with E-state index in [9.17, 15) is 4.79 Å². The number of hydrogen-bond donors (Lipinski definition) is 0. The van der Waals surface area contributed by atoms with E-state index in [4.69, 9.17) is 0 Å². The van der Waals surface area contributed by atoms with Gasteiger partial charge in [0.1, 0.15) is 0 Å². The van der Waals surface area contributed by atoms with Crippen LogP contribution in [0.1, 0.15) is 27.7 Å². The van der Waals surface area contributed by atoms with Crippen molar-refractivity contribution in [3.05, 3.63) is 23.3 Å². The molecule has 0 N–H and O–H groups in total. The molecule has 0 bridgehead atoms. The second-order valence-corrected chi connectivity index (χ2v) is 3.65. The van der Waals surface area contributed by atoms with Gasteiger partial charge in [-0.3, -0.25) is 4.79 Å². The largest absolute Gasteiger partial charge is 0.294 e. The molecule has 0 aromatic rings. The fourth-order valence-electron chi connectivity index (χ4n) is 1.21. The Morgan fingerprint density at radius 1 is 1.18 bits per heavy atom. The molecule has 0 unspecified atom stereocenters. The standard InChI is InChI=1S/C10H14O/c1-7-5-6-8(2)10(3,4)9(7)11/h5-6H,1-4H3. The van der Waals surface area contributed by atoms with Crippen LogP contribution in [0.4, 0.5) is 0 Å². The van der Waals surface area contributed by atoms with Gasteiger partial charge in [0, 0.05) is 5.41 Å². The highest BCUT2D eigenvalue weighted by atomic mass is 16.1. The van der Waals surface area contributed by atoms with Crippen molar-refractivity contribution in [2.75, 3.05) is 0 Å². The predicted octanol–water partition coefficient (Wildman–Crippen LogP) is 2.49. The van der Waals surface area contributed by atoms with E-state index >= 15 is 0 Å². The van der Waals surface area contributed by atoms with Gasteiger partial charge in [0.15, 0.2) is 5.78 Å². The van der Waals surface area contributed by atoms with Gasteiger partial charge in [0.25, 0.3) is 0 Å². The second kappa shape index (κ2) is 2.33. The summed E-state index contributed by atoms with van der Waals surface area (Å²) in [6.45, 7) is 7.81. The minimum absolute atomic E-state index is 0.248. The van der Waals surface area contributed by atoms with Crippen LogP contribution in [0.15, 0.2) is 23.3 Å². The number of hydrogen-bond acceptors (Lipinski definition) is 1. The molecular weight excluding hydrogens is 136 g/mol. The Labute approximate surface area is 67.8 Å². The number of ketones is 1. The molecule has 1 aliphatic carbocycles. The molecular formula is C10H14O. The van der Waals surface area contributed by atoms with Crippen LogP contribution in [0.5, 0.6) is 0 Å². The highest BCUT2D eigenvalue weighted by Crippen LogP contribution is 2.32. The van der Waals surface area contributed by atoms with Gasteiger partial charge in [-0.25, -0.2) is 0 Å². The van der Waals surface area contributed by atoms with Crippen molar-refractivity contribution in [2.24, 2.45) is 5.41 Å². The zero-order valence-electron chi connectivity index (χ0n) is 7.56. The summed E-state index contributed by atoms with van der Waals surface area (Å²) in [7, 11) is 0. The van der Waals surface area contributed by atoms with Crippen molar-refractivity contribution in [3.8, 4) is 0 Å². The molecule has 60 valence electrons. The molecule has 1 nitrogen and oxygen atoms in total. The van der Waals surface area contributed by atoms with Crippen molar-refractivity contribution in [1.29, 1.82) is 0 Å². The van der Waals surface area contributed by atoms with Crippen molar-refractivity contribution in [3.63, 3.8) is 0 Å². The molecule has 1 aliphatic rings. The minimum atomic E-state index is -0.279. The Kier molecular flexibility index (Phi) is 1.75. The molecule has 0 aromatic carbocycles. The highest BCUT2D eigenvalue weighted by Gasteiger charge is 2.31. The Morgan fingerprint density at radius 2 is 1.73 bits per heavy atom. The summed E-state index contributed by atoms with van der Waals surface area (Å²) in [5.74, 6) is 0.248. The third-order valence-electron chi connectivity index (χ3n) is 2.49. The van der Waals surface area contributed by atoms with Crippen LogP contribution in [0, 0.1) is 5.41 Å². The minimum Gasteiger partial charge on any atom is -0.294 e. The van der Waals surface area contributed by atoms with E-state index in [-0.39, 0.29) is 11.2 Å². The molecule has 0 aromatic heterocycles. The van der Waals surface area contributed by atoms with Crippen LogP contribution in [0.25, 0.3) is 0 Å². The summed E-state index contributed by atoms with van der Waals surface area (Å²) in [5, 5.41) is 0. The van der Waals surface area contributed by atoms with Crippen LogP contribution in [0.3, 0.4) is 0 Å². The van der Waals surface area contributed by atoms with Gasteiger partial charge in [0.2, 0.25) is 0 Å². The Morgan fingerprint density at radius 3 is 2.18 bits per heavy atom. The first-order valence-electron chi connectivity index (χ1n) is 3.86. The van der Waals surface area contributed by atoms with E-state index in [2.05, 4.69) is 0 Å². The molecule has 0 saturated heterocycles. The zero-order valence-corrected chi connectivity index (χ0v) is 7.56. The summed E-state index contributed by atoms with van der Waals surface area (Å²) in [4.78, 5) is 11.5. The van der Waals surface area contributed by atoms with Crippen LogP contribution in [0.2, 0.25) is 0 Å². The second-order valence-electron chi connectivity index (χ2n) is 3.65. The maximum Gasteiger partial charge on any atom is 0.168 e. The summed E-state index contributed by atoms with van der Waals surface area (Å²) < 4.78 is 0. The van der Waals surface area contributed by atoms with Gasteiger partial charge in [-0.15, -0.1) is 0 Å². The van der Waals surface area contributed by atoms with E-state index in [1.54, 1.807) is 0 Å². The summed E-state index contributed by atoms with van der Waals surface area (Å²) in [5.41, 5.74) is 1.73. The maximum atomic E-state index is 11.5. The molecule has 0 amide bonds. The van der Waals surface area contributed by atoms with Crippen LogP contribution < -0.4 is 0 Å². The first kappa shape index (κ1) is 8.25. The van der Waals surface area contributed by atoms with Crippen LogP contribution >= 0.6 is 0 Å². The number of allylic oxidation sites excluding steroid dienone is 4. The normalized spacial score (nSPS) is 22.7. The highest BCUT2D eigenvalue weighted by molar-refractivity contribution is 6.02. The molecule has 1 rings (SSSR count). The Hall–Kier alpha value is -0.850. The van der Waals surface area contributed by atoms with E-state index < -0.39 is 0 Å². The smallest absolute Gasteiger partial charge is 0.168 e. The monoisotopic (exact) mass is 150 g/mol. The lowest BCUT2D eigenvalue weighted by Gasteiger charge is -2.27. The third-order valence-corrected chi connectivity index (χ3v) is 2.49. The summed E-state index contributed by atoms with van der Waals surface area (Å²) in [6.07, 6.45) is 3.92. The van der Waals surface area contributed by atoms with Gasteiger partial charge >= 0.3 is 0 Å². The van der Waals surface area contributed by atoms with E-state index in [1.165, 1.54) is 0 Å². The first-order valence-corrected chi connectivity index (χ1v) is 3.86. The van der Waals surface area contributed by atoms with Gasteiger partial charge in [-0.2, -0.15) is 0 Å². The average Bonchev–Trinajstić information content (AvgIpc) is 1.95. The average molecular weight is 150 g/mol. The molecule has 0 aliphatic heterocycles. The van der Waals surface area contributed by atoms with Crippen LogP contribution in [-0.4, -0.2) is 5.78 Å².